The Hall–Kier alpha value is -0.260. The van der Waals surface area contributed by atoms with E-state index < -0.39 is 0 Å². The van der Waals surface area contributed by atoms with Crippen LogP contribution < -0.4 is 5.69 Å². The summed E-state index contributed by atoms with van der Waals surface area (Å²) >= 11 is 2.23. The summed E-state index contributed by atoms with van der Waals surface area (Å²) in [7, 11) is 0. The Bertz CT molecular complexity index is 237. The average Bonchev–Trinajstić information content (AvgIpc) is 2.14. The minimum absolute atomic E-state index is 0.131. The van der Waals surface area contributed by atoms with Gasteiger partial charge >= 0.3 is 5.69 Å². The molecular weight excluding hydrogens is 231 g/mol. The van der Waals surface area contributed by atoms with Gasteiger partial charge in [-0.15, -0.1) is 0 Å². The van der Waals surface area contributed by atoms with Crippen molar-refractivity contribution < 1.29 is 0 Å². The number of aromatic nitrogens is 2. The van der Waals surface area contributed by atoms with Crippen molar-refractivity contribution in [2.45, 2.75) is 10.8 Å². The van der Waals surface area contributed by atoms with Crippen molar-refractivity contribution in [1.82, 2.24) is 9.97 Å². The van der Waals surface area contributed by atoms with Crippen molar-refractivity contribution in [3.05, 3.63) is 22.4 Å². The standard InChI is InChI=1S/C5H7IN2O/c1-3(6)4-2-7-5(9)8-4/h2-3H,1H3,(H2,7,8,9). The number of H-pyrrole nitrogens is 2. The molecule has 0 aliphatic rings. The first-order valence-electron chi connectivity index (χ1n) is 2.62. The second-order valence-corrected chi connectivity index (χ2v) is 3.68. The minimum atomic E-state index is -0.131. The molecule has 0 spiro atoms. The van der Waals surface area contributed by atoms with Crippen molar-refractivity contribution >= 4 is 22.6 Å². The average molecular weight is 238 g/mol. The number of hydrogen-bond acceptors (Lipinski definition) is 1. The molecule has 0 saturated carbocycles. The summed E-state index contributed by atoms with van der Waals surface area (Å²) in [6.07, 6.45) is 1.69. The van der Waals surface area contributed by atoms with Gasteiger partial charge in [0, 0.05) is 15.8 Å². The van der Waals surface area contributed by atoms with Gasteiger partial charge in [0.25, 0.3) is 0 Å². The van der Waals surface area contributed by atoms with Crippen molar-refractivity contribution in [3.8, 4) is 0 Å². The van der Waals surface area contributed by atoms with Crippen LogP contribution in [0.2, 0.25) is 0 Å². The number of alkyl halides is 1. The van der Waals surface area contributed by atoms with Crippen LogP contribution in [0, 0.1) is 0 Å². The SMILES string of the molecule is CC(I)c1c[nH]c(=O)[nH]1. The smallest absolute Gasteiger partial charge is 0.313 e. The Morgan fingerprint density at radius 1 is 1.78 bits per heavy atom. The maximum absolute atomic E-state index is 10.5. The first kappa shape index (κ1) is 6.85. The molecule has 1 atom stereocenters. The summed E-state index contributed by atoms with van der Waals surface area (Å²) < 4.78 is 0.363. The highest BCUT2D eigenvalue weighted by molar-refractivity contribution is 14.1. The quantitative estimate of drug-likeness (QED) is 0.560. The van der Waals surface area contributed by atoms with Crippen LogP contribution in [0.3, 0.4) is 0 Å². The molecule has 0 aliphatic heterocycles. The summed E-state index contributed by atoms with van der Waals surface area (Å²) in [5.74, 6) is 0. The van der Waals surface area contributed by atoms with E-state index in [9.17, 15) is 4.79 Å². The second-order valence-electron chi connectivity index (χ2n) is 1.81. The normalized spacial score (nSPS) is 13.6. The molecule has 2 N–H and O–H groups in total. The molecule has 1 unspecified atom stereocenters. The molecule has 50 valence electrons. The van der Waals surface area contributed by atoms with E-state index in [0.29, 0.717) is 3.92 Å². The Morgan fingerprint density at radius 2 is 2.44 bits per heavy atom. The number of rotatable bonds is 1. The number of imidazole rings is 1. The molecular formula is C5H7IN2O. The zero-order valence-corrected chi connectivity index (χ0v) is 7.10. The van der Waals surface area contributed by atoms with E-state index in [1.807, 2.05) is 6.92 Å². The maximum Gasteiger partial charge on any atom is 0.323 e. The van der Waals surface area contributed by atoms with Gasteiger partial charge in [-0.25, -0.2) is 4.79 Å². The first-order valence-corrected chi connectivity index (χ1v) is 3.86. The van der Waals surface area contributed by atoms with Crippen molar-refractivity contribution in [2.24, 2.45) is 0 Å². The Labute approximate surface area is 66.0 Å². The van der Waals surface area contributed by atoms with E-state index in [1.165, 1.54) is 0 Å². The lowest BCUT2D eigenvalue weighted by molar-refractivity contribution is 1.05. The zero-order chi connectivity index (χ0) is 6.85. The minimum Gasteiger partial charge on any atom is -0.313 e. The molecule has 4 heteroatoms. The van der Waals surface area contributed by atoms with Gasteiger partial charge in [-0.3, -0.25) is 0 Å². The molecule has 0 amide bonds. The summed E-state index contributed by atoms with van der Waals surface area (Å²) in [6, 6.07) is 0. The third-order valence-electron chi connectivity index (χ3n) is 1.05. The summed E-state index contributed by atoms with van der Waals surface area (Å²) in [5.41, 5.74) is 0.814. The first-order chi connectivity index (χ1) is 4.20. The zero-order valence-electron chi connectivity index (χ0n) is 4.94. The molecule has 1 aromatic rings. The van der Waals surface area contributed by atoms with E-state index in [1.54, 1.807) is 6.20 Å². The third-order valence-corrected chi connectivity index (χ3v) is 1.72. The molecule has 0 saturated heterocycles. The van der Waals surface area contributed by atoms with Gasteiger partial charge in [-0.2, -0.15) is 0 Å². The molecule has 0 aliphatic carbocycles. The number of halogens is 1. The number of aromatic amines is 2. The van der Waals surface area contributed by atoms with Gasteiger partial charge in [0.15, 0.2) is 0 Å². The molecule has 0 aromatic carbocycles. The Balaban J connectivity index is 2.98. The van der Waals surface area contributed by atoms with Crippen LogP contribution in [0.5, 0.6) is 0 Å². The molecule has 0 fully saturated rings. The molecule has 0 radical (unpaired) electrons. The van der Waals surface area contributed by atoms with Crippen molar-refractivity contribution in [1.29, 1.82) is 0 Å². The molecule has 0 bridgehead atoms. The lowest BCUT2D eigenvalue weighted by Crippen LogP contribution is -2.00. The van der Waals surface area contributed by atoms with Gasteiger partial charge in [0.2, 0.25) is 0 Å². The van der Waals surface area contributed by atoms with Crippen LogP contribution in [0.15, 0.2) is 11.0 Å². The highest BCUT2D eigenvalue weighted by Crippen LogP contribution is 2.17. The van der Waals surface area contributed by atoms with Gasteiger partial charge in [0.1, 0.15) is 0 Å². The van der Waals surface area contributed by atoms with Crippen LogP contribution in [0.1, 0.15) is 16.5 Å². The van der Waals surface area contributed by atoms with E-state index in [0.717, 1.165) is 5.69 Å². The van der Waals surface area contributed by atoms with Gasteiger partial charge < -0.3 is 9.97 Å². The molecule has 9 heavy (non-hydrogen) atoms. The number of hydrogen-bond donors (Lipinski definition) is 2. The lowest BCUT2D eigenvalue weighted by Gasteiger charge is -1.93. The van der Waals surface area contributed by atoms with E-state index >= 15 is 0 Å². The highest BCUT2D eigenvalue weighted by Gasteiger charge is 2.00. The Kier molecular flexibility index (Phi) is 1.94. The summed E-state index contributed by atoms with van der Waals surface area (Å²) in [5, 5.41) is 0. The molecule has 1 aromatic heterocycles. The second kappa shape index (κ2) is 2.55. The number of nitrogens with one attached hydrogen (secondary N) is 2. The van der Waals surface area contributed by atoms with Crippen molar-refractivity contribution in [2.75, 3.05) is 0 Å². The predicted molar refractivity (Wildman–Crippen MR) is 43.8 cm³/mol. The topological polar surface area (TPSA) is 48.6 Å². The van der Waals surface area contributed by atoms with Crippen molar-refractivity contribution in [3.63, 3.8) is 0 Å². The van der Waals surface area contributed by atoms with E-state index in [-0.39, 0.29) is 5.69 Å². The van der Waals surface area contributed by atoms with Crippen LogP contribution in [-0.4, -0.2) is 9.97 Å². The fraction of sp³-hybridized carbons (Fsp3) is 0.400. The molecule has 1 heterocycles. The summed E-state index contributed by atoms with van der Waals surface area (Å²) in [4.78, 5) is 15.7. The fourth-order valence-electron chi connectivity index (χ4n) is 0.561. The van der Waals surface area contributed by atoms with Crippen LogP contribution in [0.25, 0.3) is 0 Å². The van der Waals surface area contributed by atoms with Gasteiger partial charge in [-0.1, -0.05) is 22.6 Å². The van der Waals surface area contributed by atoms with Gasteiger partial charge in [-0.05, 0) is 6.92 Å². The predicted octanol–water partition coefficient (Wildman–Crippen LogP) is 1.20. The van der Waals surface area contributed by atoms with Crippen LogP contribution in [-0.2, 0) is 0 Å². The summed E-state index contributed by atoms with van der Waals surface area (Å²) in [6.45, 7) is 2.01. The highest BCUT2D eigenvalue weighted by atomic mass is 127. The monoisotopic (exact) mass is 238 g/mol. The fourth-order valence-corrected chi connectivity index (χ4v) is 0.896. The third kappa shape index (κ3) is 1.57. The van der Waals surface area contributed by atoms with E-state index in [2.05, 4.69) is 32.6 Å². The van der Waals surface area contributed by atoms with Crippen LogP contribution in [0.4, 0.5) is 0 Å². The molecule has 3 nitrogen and oxygen atoms in total. The maximum atomic E-state index is 10.5. The Morgan fingerprint density at radius 3 is 2.67 bits per heavy atom. The lowest BCUT2D eigenvalue weighted by atomic mass is 10.4. The molecule has 1 rings (SSSR count). The van der Waals surface area contributed by atoms with E-state index in [4.69, 9.17) is 0 Å². The largest absolute Gasteiger partial charge is 0.323 e. The van der Waals surface area contributed by atoms with Crippen LogP contribution >= 0.6 is 22.6 Å². The van der Waals surface area contributed by atoms with Gasteiger partial charge in [0.05, 0.1) is 0 Å².